The monoisotopic (exact) mass is 420 g/mol. The van der Waals surface area contributed by atoms with Crippen LogP contribution in [0, 0.1) is 5.95 Å². The van der Waals surface area contributed by atoms with Gasteiger partial charge in [0, 0.05) is 17.7 Å². The summed E-state index contributed by atoms with van der Waals surface area (Å²) in [5.41, 5.74) is 4.64. The third-order valence-corrected chi connectivity index (χ3v) is 5.47. The largest absolute Gasteiger partial charge is 0.480 e. The van der Waals surface area contributed by atoms with Gasteiger partial charge in [0.05, 0.1) is 0 Å². The van der Waals surface area contributed by atoms with Crippen molar-refractivity contribution < 1.29 is 23.8 Å². The first-order valence-electron chi connectivity index (χ1n) is 9.98. The van der Waals surface area contributed by atoms with Gasteiger partial charge in [-0.1, -0.05) is 54.6 Å². The summed E-state index contributed by atoms with van der Waals surface area (Å²) in [5, 5.41) is 11.8. The van der Waals surface area contributed by atoms with E-state index < -0.39 is 24.1 Å². The number of benzene rings is 2. The van der Waals surface area contributed by atoms with E-state index in [1.54, 1.807) is 6.07 Å². The van der Waals surface area contributed by atoms with Gasteiger partial charge in [-0.2, -0.15) is 4.39 Å². The van der Waals surface area contributed by atoms with Gasteiger partial charge >= 0.3 is 12.1 Å². The van der Waals surface area contributed by atoms with Crippen molar-refractivity contribution in [1.82, 2.24) is 10.3 Å². The van der Waals surface area contributed by atoms with Crippen molar-refractivity contribution in [2.24, 2.45) is 0 Å². The number of carbonyl (C=O) groups is 2. The van der Waals surface area contributed by atoms with Gasteiger partial charge < -0.3 is 15.2 Å². The fraction of sp³-hybridized carbons (Fsp3) is 0.208. The summed E-state index contributed by atoms with van der Waals surface area (Å²) < 4.78 is 19.1. The van der Waals surface area contributed by atoms with Gasteiger partial charge in [0.1, 0.15) is 12.6 Å². The zero-order valence-electron chi connectivity index (χ0n) is 16.6. The summed E-state index contributed by atoms with van der Waals surface area (Å²) in [4.78, 5) is 27.4. The lowest BCUT2D eigenvalue weighted by molar-refractivity contribution is -0.139. The highest BCUT2D eigenvalue weighted by Gasteiger charge is 2.29. The summed E-state index contributed by atoms with van der Waals surface area (Å²) >= 11 is 0. The molecular weight excluding hydrogens is 399 g/mol. The van der Waals surface area contributed by atoms with E-state index in [0.717, 1.165) is 22.3 Å². The number of rotatable bonds is 7. The van der Waals surface area contributed by atoms with Crippen LogP contribution in [-0.4, -0.2) is 34.8 Å². The highest BCUT2D eigenvalue weighted by molar-refractivity contribution is 5.81. The van der Waals surface area contributed by atoms with E-state index in [9.17, 15) is 19.1 Å². The van der Waals surface area contributed by atoms with Gasteiger partial charge in [0.15, 0.2) is 0 Å². The summed E-state index contributed by atoms with van der Waals surface area (Å²) in [6.45, 7) is 0.0867. The average Bonchev–Trinajstić information content (AvgIpc) is 3.10. The number of hydrogen-bond donors (Lipinski definition) is 2. The van der Waals surface area contributed by atoms with E-state index in [-0.39, 0.29) is 25.4 Å². The molecule has 0 fully saturated rings. The number of carboxylic acid groups (broad SMARTS) is 1. The Morgan fingerprint density at radius 1 is 1.03 bits per heavy atom. The van der Waals surface area contributed by atoms with Crippen molar-refractivity contribution in [1.29, 1.82) is 0 Å². The van der Waals surface area contributed by atoms with Crippen molar-refractivity contribution in [2.45, 2.75) is 24.8 Å². The number of amides is 1. The topological polar surface area (TPSA) is 88.5 Å². The number of ether oxygens (including phenoxy) is 1. The van der Waals surface area contributed by atoms with Gasteiger partial charge in [-0.15, -0.1) is 0 Å². The minimum atomic E-state index is -1.21. The number of nitrogens with one attached hydrogen (secondary N) is 1. The molecule has 158 valence electrons. The van der Waals surface area contributed by atoms with Gasteiger partial charge in [0.2, 0.25) is 5.95 Å². The molecular formula is C24H21FN2O4. The van der Waals surface area contributed by atoms with Crippen LogP contribution in [-0.2, 0) is 16.0 Å². The second-order valence-electron chi connectivity index (χ2n) is 7.35. The third-order valence-electron chi connectivity index (χ3n) is 5.47. The Kier molecular flexibility index (Phi) is 5.93. The molecule has 1 aliphatic carbocycles. The van der Waals surface area contributed by atoms with Crippen LogP contribution >= 0.6 is 0 Å². The second kappa shape index (κ2) is 8.95. The van der Waals surface area contributed by atoms with Crippen LogP contribution < -0.4 is 5.32 Å². The van der Waals surface area contributed by atoms with Gasteiger partial charge in [-0.05, 0) is 41.2 Å². The molecule has 0 aliphatic heterocycles. The van der Waals surface area contributed by atoms with E-state index in [4.69, 9.17) is 4.74 Å². The minimum absolute atomic E-state index is 0.0160. The standard InChI is InChI=1S/C24H21FN2O4/c25-22-15(6-5-13-26-22)11-12-21(23(28)29)27-24(30)31-14-20-18-9-3-1-7-16(18)17-8-2-4-10-19(17)20/h1-10,13,20-21H,11-12,14H2,(H,27,30)(H,28,29). The van der Waals surface area contributed by atoms with Crippen molar-refractivity contribution in [3.63, 3.8) is 0 Å². The highest BCUT2D eigenvalue weighted by Crippen LogP contribution is 2.44. The molecule has 0 spiro atoms. The molecule has 4 rings (SSSR count). The second-order valence-corrected chi connectivity index (χ2v) is 7.35. The molecule has 2 N–H and O–H groups in total. The van der Waals surface area contributed by atoms with Crippen molar-refractivity contribution in [3.8, 4) is 11.1 Å². The van der Waals surface area contributed by atoms with E-state index in [2.05, 4.69) is 10.3 Å². The molecule has 1 heterocycles. The molecule has 31 heavy (non-hydrogen) atoms. The van der Waals surface area contributed by atoms with E-state index in [0.29, 0.717) is 5.56 Å². The molecule has 0 saturated carbocycles. The number of aromatic nitrogens is 1. The van der Waals surface area contributed by atoms with Gasteiger partial charge in [-0.3, -0.25) is 0 Å². The summed E-state index contributed by atoms with van der Waals surface area (Å²) in [6.07, 6.45) is 0.645. The Morgan fingerprint density at radius 2 is 1.68 bits per heavy atom. The summed E-state index contributed by atoms with van der Waals surface area (Å²) in [7, 11) is 0. The lowest BCUT2D eigenvalue weighted by Crippen LogP contribution is -2.41. The van der Waals surface area contributed by atoms with Crippen LogP contribution in [0.25, 0.3) is 11.1 Å². The average molecular weight is 420 g/mol. The number of alkyl carbamates (subject to hydrolysis) is 1. The van der Waals surface area contributed by atoms with Crippen molar-refractivity contribution in [3.05, 3.63) is 89.5 Å². The zero-order chi connectivity index (χ0) is 21.8. The Hall–Kier alpha value is -3.74. The lowest BCUT2D eigenvalue weighted by atomic mass is 9.98. The number of carboxylic acids is 1. The van der Waals surface area contributed by atoms with E-state index in [1.807, 2.05) is 48.5 Å². The van der Waals surface area contributed by atoms with Crippen molar-refractivity contribution >= 4 is 12.1 Å². The predicted molar refractivity (Wildman–Crippen MR) is 112 cm³/mol. The maximum absolute atomic E-state index is 13.7. The number of carbonyl (C=O) groups excluding carboxylic acids is 1. The normalized spacial score (nSPS) is 13.2. The highest BCUT2D eigenvalue weighted by atomic mass is 19.1. The third kappa shape index (κ3) is 4.40. The van der Waals surface area contributed by atoms with E-state index in [1.165, 1.54) is 12.3 Å². The molecule has 1 aromatic heterocycles. The molecule has 7 heteroatoms. The quantitative estimate of drug-likeness (QED) is 0.561. The number of halogens is 1. The Morgan fingerprint density at radius 3 is 2.29 bits per heavy atom. The first-order valence-corrected chi connectivity index (χ1v) is 9.98. The fourth-order valence-electron chi connectivity index (χ4n) is 3.95. The molecule has 1 amide bonds. The fourth-order valence-corrected chi connectivity index (χ4v) is 3.95. The molecule has 0 saturated heterocycles. The zero-order valence-corrected chi connectivity index (χ0v) is 16.6. The molecule has 0 radical (unpaired) electrons. The van der Waals surface area contributed by atoms with Crippen molar-refractivity contribution in [2.75, 3.05) is 6.61 Å². The van der Waals surface area contributed by atoms with E-state index >= 15 is 0 Å². The van der Waals surface area contributed by atoms with Crippen LogP contribution in [0.1, 0.15) is 29.0 Å². The number of aryl methyl sites for hydroxylation is 1. The maximum Gasteiger partial charge on any atom is 0.407 e. The molecule has 0 bridgehead atoms. The molecule has 1 aliphatic rings. The minimum Gasteiger partial charge on any atom is -0.480 e. The predicted octanol–water partition coefficient (Wildman–Crippen LogP) is 4.15. The molecule has 2 aromatic carbocycles. The number of hydrogen-bond acceptors (Lipinski definition) is 4. The summed E-state index contributed by atoms with van der Waals surface area (Å²) in [5.74, 6) is -1.98. The number of aliphatic carboxylic acids is 1. The number of fused-ring (bicyclic) bond motifs is 3. The lowest BCUT2D eigenvalue weighted by Gasteiger charge is -2.17. The smallest absolute Gasteiger partial charge is 0.407 e. The molecule has 1 atom stereocenters. The van der Waals surface area contributed by atoms with Crippen LogP contribution in [0.2, 0.25) is 0 Å². The van der Waals surface area contributed by atoms with Gasteiger partial charge in [0.25, 0.3) is 0 Å². The number of pyridine rings is 1. The molecule has 1 unspecified atom stereocenters. The first kappa shape index (κ1) is 20.5. The first-order chi connectivity index (χ1) is 15.0. The maximum atomic E-state index is 13.7. The van der Waals surface area contributed by atoms with Crippen LogP contribution in [0.4, 0.5) is 9.18 Å². The van der Waals surface area contributed by atoms with Gasteiger partial charge in [-0.25, -0.2) is 14.6 Å². The summed E-state index contributed by atoms with van der Waals surface area (Å²) in [6, 6.07) is 17.8. The van der Waals surface area contributed by atoms with Crippen LogP contribution in [0.3, 0.4) is 0 Å². The Balaban J connectivity index is 1.39. The Labute approximate surface area is 178 Å². The Bertz CT molecular complexity index is 1070. The molecule has 3 aromatic rings. The van der Waals surface area contributed by atoms with Crippen LogP contribution in [0.15, 0.2) is 66.9 Å². The SMILES string of the molecule is O=C(NC(CCc1cccnc1F)C(=O)O)OCC1c2ccccc2-c2ccccc21. The number of nitrogens with zero attached hydrogens (tertiary/aromatic N) is 1. The molecule has 6 nitrogen and oxygen atoms in total. The van der Waals surface area contributed by atoms with Crippen LogP contribution in [0.5, 0.6) is 0 Å².